The Morgan fingerprint density at radius 3 is 2.91 bits per heavy atom. The van der Waals surface area contributed by atoms with E-state index in [0.29, 0.717) is 6.42 Å². The van der Waals surface area contributed by atoms with Crippen molar-refractivity contribution in [3.8, 4) is 6.07 Å². The lowest BCUT2D eigenvalue weighted by molar-refractivity contribution is 0.130. The standard InChI is InChI=1S/C9H16N2/c1-9(5-6-10)4-3-7-11(2)8-9/h3-5,7-8H2,1-2H3. The summed E-state index contributed by atoms with van der Waals surface area (Å²) in [7, 11) is 2.13. The maximum absolute atomic E-state index is 8.60. The summed E-state index contributed by atoms with van der Waals surface area (Å²) in [5.74, 6) is 0. The van der Waals surface area contributed by atoms with E-state index in [-0.39, 0.29) is 5.41 Å². The second-order valence-electron chi connectivity index (χ2n) is 3.99. The minimum atomic E-state index is 0.266. The van der Waals surface area contributed by atoms with Gasteiger partial charge in [-0.15, -0.1) is 0 Å². The first kappa shape index (κ1) is 8.55. The molecule has 2 nitrogen and oxygen atoms in total. The molecule has 2 heteroatoms. The van der Waals surface area contributed by atoms with E-state index < -0.39 is 0 Å². The van der Waals surface area contributed by atoms with Crippen LogP contribution in [0.25, 0.3) is 0 Å². The molecule has 1 rings (SSSR count). The smallest absolute Gasteiger partial charge is 0.0627 e. The molecule has 0 bridgehead atoms. The molecule has 0 aromatic carbocycles. The van der Waals surface area contributed by atoms with Crippen LogP contribution in [0, 0.1) is 16.7 Å². The van der Waals surface area contributed by atoms with Gasteiger partial charge < -0.3 is 4.90 Å². The van der Waals surface area contributed by atoms with E-state index in [9.17, 15) is 0 Å². The summed E-state index contributed by atoms with van der Waals surface area (Å²) in [5, 5.41) is 8.60. The Balaban J connectivity index is 2.50. The molecular formula is C9H16N2. The largest absolute Gasteiger partial charge is 0.306 e. The topological polar surface area (TPSA) is 27.0 Å². The van der Waals surface area contributed by atoms with Gasteiger partial charge in [0.05, 0.1) is 6.07 Å². The minimum absolute atomic E-state index is 0.266. The Hall–Kier alpha value is -0.550. The van der Waals surface area contributed by atoms with Crippen molar-refractivity contribution in [2.24, 2.45) is 5.41 Å². The number of nitriles is 1. The molecule has 1 saturated heterocycles. The molecule has 1 aliphatic rings. The van der Waals surface area contributed by atoms with Crippen LogP contribution in [0.2, 0.25) is 0 Å². The van der Waals surface area contributed by atoms with Crippen LogP contribution >= 0.6 is 0 Å². The molecule has 0 radical (unpaired) electrons. The maximum atomic E-state index is 8.60. The molecule has 0 aliphatic carbocycles. The molecule has 1 fully saturated rings. The van der Waals surface area contributed by atoms with Crippen LogP contribution < -0.4 is 0 Å². The van der Waals surface area contributed by atoms with Gasteiger partial charge in [0.2, 0.25) is 0 Å². The van der Waals surface area contributed by atoms with Gasteiger partial charge in [-0.3, -0.25) is 0 Å². The molecule has 1 aliphatic heterocycles. The molecule has 0 N–H and O–H groups in total. The lowest BCUT2D eigenvalue weighted by atomic mass is 9.80. The lowest BCUT2D eigenvalue weighted by Gasteiger charge is -2.37. The molecule has 11 heavy (non-hydrogen) atoms. The van der Waals surface area contributed by atoms with Crippen LogP contribution in [0.15, 0.2) is 0 Å². The normalized spacial score (nSPS) is 33.2. The molecule has 0 amide bonds. The van der Waals surface area contributed by atoms with Gasteiger partial charge in [-0.2, -0.15) is 5.26 Å². The van der Waals surface area contributed by atoms with Gasteiger partial charge in [0.25, 0.3) is 0 Å². The van der Waals surface area contributed by atoms with Gasteiger partial charge in [0.15, 0.2) is 0 Å². The average molecular weight is 152 g/mol. The Kier molecular flexibility index (Phi) is 2.51. The highest BCUT2D eigenvalue weighted by atomic mass is 15.1. The van der Waals surface area contributed by atoms with Crippen molar-refractivity contribution in [3.05, 3.63) is 0 Å². The average Bonchev–Trinajstić information content (AvgIpc) is 1.86. The van der Waals surface area contributed by atoms with Crippen molar-refractivity contribution in [2.75, 3.05) is 20.1 Å². The lowest BCUT2D eigenvalue weighted by Crippen LogP contribution is -2.38. The third-order valence-corrected chi connectivity index (χ3v) is 2.48. The fourth-order valence-corrected chi connectivity index (χ4v) is 1.92. The number of rotatable bonds is 1. The maximum Gasteiger partial charge on any atom is 0.0627 e. The number of hydrogen-bond acceptors (Lipinski definition) is 2. The summed E-state index contributed by atoms with van der Waals surface area (Å²) in [6, 6.07) is 2.27. The SMILES string of the molecule is CN1CCCC(C)(CC#N)C1. The van der Waals surface area contributed by atoms with Crippen molar-refractivity contribution in [1.29, 1.82) is 5.26 Å². The van der Waals surface area contributed by atoms with Gasteiger partial charge >= 0.3 is 0 Å². The van der Waals surface area contributed by atoms with Gasteiger partial charge in [-0.1, -0.05) is 6.92 Å². The second-order valence-corrected chi connectivity index (χ2v) is 3.99. The van der Waals surface area contributed by atoms with Crippen molar-refractivity contribution in [3.63, 3.8) is 0 Å². The molecule has 0 aromatic heterocycles. The van der Waals surface area contributed by atoms with E-state index in [2.05, 4.69) is 24.9 Å². The summed E-state index contributed by atoms with van der Waals surface area (Å²) in [6.07, 6.45) is 3.16. The highest BCUT2D eigenvalue weighted by Crippen LogP contribution is 2.31. The first-order valence-electron chi connectivity index (χ1n) is 4.22. The predicted molar refractivity (Wildman–Crippen MR) is 45.1 cm³/mol. The van der Waals surface area contributed by atoms with E-state index in [1.165, 1.54) is 19.4 Å². The van der Waals surface area contributed by atoms with E-state index >= 15 is 0 Å². The van der Waals surface area contributed by atoms with Crippen molar-refractivity contribution >= 4 is 0 Å². The van der Waals surface area contributed by atoms with Gasteiger partial charge in [-0.05, 0) is 31.8 Å². The van der Waals surface area contributed by atoms with Crippen LogP contribution in [0.1, 0.15) is 26.2 Å². The van der Waals surface area contributed by atoms with E-state index in [1.807, 2.05) is 0 Å². The molecule has 1 atom stereocenters. The minimum Gasteiger partial charge on any atom is -0.306 e. The highest BCUT2D eigenvalue weighted by molar-refractivity contribution is 4.89. The van der Waals surface area contributed by atoms with Crippen molar-refractivity contribution in [1.82, 2.24) is 4.90 Å². The Morgan fingerprint density at radius 1 is 1.64 bits per heavy atom. The number of nitrogens with zero attached hydrogens (tertiary/aromatic N) is 2. The summed E-state index contributed by atoms with van der Waals surface area (Å²) in [4.78, 5) is 2.32. The van der Waals surface area contributed by atoms with E-state index in [4.69, 9.17) is 5.26 Å². The summed E-state index contributed by atoms with van der Waals surface area (Å²) in [6.45, 7) is 4.49. The Labute approximate surface area is 68.8 Å². The zero-order chi connectivity index (χ0) is 8.32. The highest BCUT2D eigenvalue weighted by Gasteiger charge is 2.28. The first-order chi connectivity index (χ1) is 5.16. The zero-order valence-corrected chi connectivity index (χ0v) is 7.43. The monoisotopic (exact) mass is 152 g/mol. The first-order valence-corrected chi connectivity index (χ1v) is 4.22. The number of hydrogen-bond donors (Lipinski definition) is 0. The number of likely N-dealkylation sites (tertiary alicyclic amines) is 1. The van der Waals surface area contributed by atoms with Gasteiger partial charge in [-0.25, -0.2) is 0 Å². The summed E-state index contributed by atoms with van der Waals surface area (Å²) in [5.41, 5.74) is 0.266. The van der Waals surface area contributed by atoms with Crippen LogP contribution in [0.4, 0.5) is 0 Å². The van der Waals surface area contributed by atoms with Gasteiger partial charge in [0.1, 0.15) is 0 Å². The van der Waals surface area contributed by atoms with Crippen LogP contribution in [0.3, 0.4) is 0 Å². The Morgan fingerprint density at radius 2 is 2.36 bits per heavy atom. The van der Waals surface area contributed by atoms with Crippen LogP contribution in [0.5, 0.6) is 0 Å². The fourth-order valence-electron chi connectivity index (χ4n) is 1.92. The molecule has 0 saturated carbocycles. The quantitative estimate of drug-likeness (QED) is 0.571. The third-order valence-electron chi connectivity index (χ3n) is 2.48. The van der Waals surface area contributed by atoms with Crippen molar-refractivity contribution < 1.29 is 0 Å². The van der Waals surface area contributed by atoms with E-state index in [0.717, 1.165) is 6.54 Å². The van der Waals surface area contributed by atoms with Crippen LogP contribution in [-0.4, -0.2) is 25.0 Å². The molecular weight excluding hydrogens is 136 g/mol. The molecule has 62 valence electrons. The zero-order valence-electron chi connectivity index (χ0n) is 7.43. The molecule has 1 unspecified atom stereocenters. The predicted octanol–water partition coefficient (Wildman–Crippen LogP) is 1.63. The molecule has 1 heterocycles. The van der Waals surface area contributed by atoms with E-state index in [1.54, 1.807) is 0 Å². The fraction of sp³-hybridized carbons (Fsp3) is 0.889. The van der Waals surface area contributed by atoms with Crippen molar-refractivity contribution in [2.45, 2.75) is 26.2 Å². The summed E-state index contributed by atoms with van der Waals surface area (Å²) < 4.78 is 0. The molecule has 0 spiro atoms. The number of piperidine rings is 1. The second kappa shape index (κ2) is 3.23. The molecule has 0 aromatic rings. The summed E-state index contributed by atoms with van der Waals surface area (Å²) >= 11 is 0. The van der Waals surface area contributed by atoms with Gasteiger partial charge in [0, 0.05) is 13.0 Å². The third kappa shape index (κ3) is 2.20. The Bertz CT molecular complexity index is 171. The van der Waals surface area contributed by atoms with Crippen LogP contribution in [-0.2, 0) is 0 Å².